The van der Waals surface area contributed by atoms with Gasteiger partial charge in [-0.25, -0.2) is 9.34 Å². The van der Waals surface area contributed by atoms with E-state index < -0.39 is 7.59 Å². The summed E-state index contributed by atoms with van der Waals surface area (Å²) in [5.41, 5.74) is 0.180. The molecule has 2 atom stereocenters. The number of hydrogen-bond acceptors (Lipinski definition) is 2. The minimum Gasteiger partial charge on any atom is -0.270 e. The topological polar surface area (TPSA) is 35.1 Å². The lowest BCUT2D eigenvalue weighted by atomic mass is 10.2. The molecule has 0 aromatic rings. The average molecular weight is 291 g/mol. The van der Waals surface area contributed by atoms with Crippen molar-refractivity contribution in [3.8, 4) is 0 Å². The van der Waals surface area contributed by atoms with Crippen LogP contribution in [-0.2, 0) is 4.57 Å². The minimum absolute atomic E-state index is 0.0898. The maximum Gasteiger partial charge on any atom is 0.294 e. The molecule has 18 heavy (non-hydrogen) atoms. The second kappa shape index (κ2) is 4.78. The fourth-order valence-electron chi connectivity index (χ4n) is 2.16. The van der Waals surface area contributed by atoms with E-state index in [9.17, 15) is 4.57 Å². The smallest absolute Gasteiger partial charge is 0.270 e. The molecule has 0 aromatic heterocycles. The lowest BCUT2D eigenvalue weighted by Crippen LogP contribution is -2.23. The third-order valence-corrected chi connectivity index (χ3v) is 8.34. The van der Waals surface area contributed by atoms with Crippen LogP contribution in [0, 0.1) is 0 Å². The van der Waals surface area contributed by atoms with Crippen LogP contribution >= 0.6 is 19.5 Å². The first-order chi connectivity index (χ1) is 8.24. The van der Waals surface area contributed by atoms with Crippen molar-refractivity contribution >= 4 is 19.5 Å². The van der Waals surface area contributed by atoms with E-state index in [2.05, 4.69) is 48.5 Å². The predicted molar refractivity (Wildman–Crippen MR) is 79.7 cm³/mol. The van der Waals surface area contributed by atoms with Crippen molar-refractivity contribution in [1.82, 2.24) is 13.8 Å². The highest BCUT2D eigenvalue weighted by Gasteiger charge is 2.64. The molecular weight excluding hydrogens is 265 g/mol. The second-order valence-corrected chi connectivity index (χ2v) is 10.1. The summed E-state index contributed by atoms with van der Waals surface area (Å²) in [7, 11) is -2.54. The zero-order chi connectivity index (χ0) is 13.6. The number of unbranched alkanes of at least 4 members (excludes halogenated alkanes) is 1. The quantitative estimate of drug-likeness (QED) is 0.337. The Morgan fingerprint density at radius 2 is 1.61 bits per heavy atom. The van der Waals surface area contributed by atoms with Gasteiger partial charge in [-0.3, -0.25) is 4.57 Å². The Hall–Kier alpha value is 0.460. The first-order valence-corrected chi connectivity index (χ1v) is 9.39. The first kappa shape index (κ1) is 14.9. The van der Waals surface area contributed by atoms with E-state index in [1.165, 1.54) is 12.8 Å². The lowest BCUT2D eigenvalue weighted by molar-refractivity contribution is 0.467. The van der Waals surface area contributed by atoms with Crippen molar-refractivity contribution in [1.29, 1.82) is 0 Å². The molecule has 2 aliphatic heterocycles. The van der Waals surface area contributed by atoms with Crippen molar-refractivity contribution < 1.29 is 4.57 Å². The van der Waals surface area contributed by atoms with Gasteiger partial charge in [-0.1, -0.05) is 25.3 Å². The van der Waals surface area contributed by atoms with E-state index in [4.69, 9.17) is 0 Å². The molecule has 0 aromatic carbocycles. The number of hydrogen-bond donors (Lipinski definition) is 1. The van der Waals surface area contributed by atoms with Gasteiger partial charge >= 0.3 is 0 Å². The first-order valence-electron chi connectivity index (χ1n) is 6.79. The molecule has 1 N–H and O–H groups in total. The summed E-state index contributed by atoms with van der Waals surface area (Å²) < 4.78 is 20.8. The predicted octanol–water partition coefficient (Wildman–Crippen LogP) is 3.32. The van der Waals surface area contributed by atoms with Crippen molar-refractivity contribution in [3.05, 3.63) is 0 Å². The van der Waals surface area contributed by atoms with Gasteiger partial charge in [-0.2, -0.15) is 4.49 Å². The fraction of sp³-hybridized carbons (Fsp3) is 1.00. The van der Waals surface area contributed by atoms with E-state index in [-0.39, 0.29) is 11.1 Å². The van der Waals surface area contributed by atoms with Crippen LogP contribution in [0.1, 0.15) is 47.5 Å². The third-order valence-electron chi connectivity index (χ3n) is 3.70. The highest BCUT2D eigenvalue weighted by molar-refractivity contribution is 8.02. The van der Waals surface area contributed by atoms with Crippen LogP contribution < -0.4 is 4.49 Å². The molecule has 0 spiro atoms. The van der Waals surface area contributed by atoms with Crippen molar-refractivity contribution in [2.24, 2.45) is 0 Å². The summed E-state index contributed by atoms with van der Waals surface area (Å²) in [6.07, 6.45) is 2.36. The standard InChI is InChI=1S/C12H26N3OPS/c1-6-7-8-18-13-17(16,14-9-11(14,2)3)15-10-12(15,4)5/h6-10H2,1-5H3,(H,13,16). The Bertz CT molecular complexity index is 346. The second-order valence-electron chi connectivity index (χ2n) is 6.58. The molecule has 0 saturated carbocycles. The molecular formula is C12H26N3OPS. The molecule has 0 amide bonds. The van der Waals surface area contributed by atoms with Crippen LogP contribution in [0.25, 0.3) is 0 Å². The van der Waals surface area contributed by atoms with Gasteiger partial charge in [0.2, 0.25) is 0 Å². The maximum absolute atomic E-state index is 13.3. The van der Waals surface area contributed by atoms with Crippen LogP contribution in [0.15, 0.2) is 0 Å². The van der Waals surface area contributed by atoms with Gasteiger partial charge in [-0.15, -0.1) is 0 Å². The van der Waals surface area contributed by atoms with Crippen LogP contribution in [0.4, 0.5) is 0 Å². The molecule has 2 unspecified atom stereocenters. The molecule has 0 radical (unpaired) electrons. The van der Waals surface area contributed by atoms with Crippen molar-refractivity contribution in [3.63, 3.8) is 0 Å². The molecule has 4 nitrogen and oxygen atoms in total. The monoisotopic (exact) mass is 291 g/mol. The molecule has 0 aliphatic carbocycles. The Morgan fingerprint density at radius 1 is 1.17 bits per heavy atom. The summed E-state index contributed by atoms with van der Waals surface area (Å²) in [5, 5.41) is 0. The fourth-order valence-corrected chi connectivity index (χ4v) is 7.23. The highest BCUT2D eigenvalue weighted by atomic mass is 32.2. The molecule has 2 rings (SSSR count). The van der Waals surface area contributed by atoms with E-state index >= 15 is 0 Å². The van der Waals surface area contributed by atoms with Gasteiger partial charge in [0, 0.05) is 29.9 Å². The summed E-state index contributed by atoms with van der Waals surface area (Å²) in [6, 6.07) is 0. The molecule has 0 bridgehead atoms. The van der Waals surface area contributed by atoms with Gasteiger partial charge in [0.1, 0.15) is 0 Å². The van der Waals surface area contributed by atoms with Gasteiger partial charge in [0.25, 0.3) is 7.59 Å². The van der Waals surface area contributed by atoms with E-state index in [0.29, 0.717) is 0 Å². The van der Waals surface area contributed by atoms with E-state index in [1.807, 2.05) is 0 Å². The Balaban J connectivity index is 1.99. The van der Waals surface area contributed by atoms with Gasteiger partial charge in [0.15, 0.2) is 0 Å². The van der Waals surface area contributed by atoms with E-state index in [0.717, 1.165) is 18.8 Å². The summed E-state index contributed by atoms with van der Waals surface area (Å²) in [6.45, 7) is 12.7. The molecule has 2 heterocycles. The molecule has 2 saturated heterocycles. The van der Waals surface area contributed by atoms with Gasteiger partial charge < -0.3 is 0 Å². The van der Waals surface area contributed by atoms with Crippen LogP contribution in [0.3, 0.4) is 0 Å². The van der Waals surface area contributed by atoms with Gasteiger partial charge in [-0.05, 0) is 34.1 Å². The molecule has 2 aliphatic rings. The van der Waals surface area contributed by atoms with Crippen LogP contribution in [-0.4, -0.2) is 39.3 Å². The minimum atomic E-state index is -2.54. The normalized spacial score (nSPS) is 34.9. The molecule has 6 heteroatoms. The number of nitrogens with zero attached hydrogens (tertiary/aromatic N) is 2. The Labute approximate surface area is 116 Å². The number of nitrogens with one attached hydrogen (secondary N) is 1. The van der Waals surface area contributed by atoms with Crippen LogP contribution in [0.5, 0.6) is 0 Å². The van der Waals surface area contributed by atoms with E-state index in [1.54, 1.807) is 11.9 Å². The highest BCUT2D eigenvalue weighted by Crippen LogP contribution is 2.67. The zero-order valence-electron chi connectivity index (χ0n) is 12.2. The third kappa shape index (κ3) is 2.80. The molecule has 106 valence electrons. The summed E-state index contributed by atoms with van der Waals surface area (Å²) in [4.78, 5) is 0. The maximum atomic E-state index is 13.3. The van der Waals surface area contributed by atoms with Gasteiger partial charge in [0.05, 0.1) is 0 Å². The molecule has 2 fully saturated rings. The summed E-state index contributed by atoms with van der Waals surface area (Å²) in [5.74, 6) is 1.03. The largest absolute Gasteiger partial charge is 0.294 e. The lowest BCUT2D eigenvalue weighted by Gasteiger charge is -2.25. The Kier molecular flexibility index (Phi) is 3.95. The SMILES string of the molecule is CCCCSNP(=O)(N1CC1(C)C)N1CC1(C)C. The number of rotatable bonds is 7. The zero-order valence-corrected chi connectivity index (χ0v) is 13.9. The van der Waals surface area contributed by atoms with Crippen LogP contribution in [0.2, 0.25) is 0 Å². The Morgan fingerprint density at radius 3 is 1.94 bits per heavy atom. The average Bonchev–Trinajstić information content (AvgIpc) is 3.10. The van der Waals surface area contributed by atoms with Crippen molar-refractivity contribution in [2.75, 3.05) is 18.8 Å². The van der Waals surface area contributed by atoms with Crippen molar-refractivity contribution in [2.45, 2.75) is 58.5 Å². The summed E-state index contributed by atoms with van der Waals surface area (Å²) >= 11 is 1.63.